The standard InChI is InChI=1S/C21H21FN4O4S2/c1-31-21-23-13-18(26(21)15-6-4-14(22)5-7-15)20(28)24-17-12-16(8-9-19(17)27)32(29,30)25-10-2-3-11-25/h4-9,12-13,27H,2-3,10-11H2,1H3,(H,24,28). The Labute approximate surface area is 189 Å². The van der Waals surface area contributed by atoms with Crippen LogP contribution < -0.4 is 5.32 Å². The molecule has 0 radical (unpaired) electrons. The van der Waals surface area contributed by atoms with Gasteiger partial charge in [0.15, 0.2) is 5.16 Å². The number of halogens is 1. The second-order valence-electron chi connectivity index (χ2n) is 7.19. The summed E-state index contributed by atoms with van der Waals surface area (Å²) in [5.74, 6) is -1.28. The van der Waals surface area contributed by atoms with Crippen LogP contribution in [0.25, 0.3) is 5.69 Å². The molecule has 1 fully saturated rings. The number of imidazole rings is 1. The quantitative estimate of drug-likeness (QED) is 0.417. The molecule has 0 unspecified atom stereocenters. The summed E-state index contributed by atoms with van der Waals surface area (Å²) in [7, 11) is -3.72. The highest BCUT2D eigenvalue weighted by atomic mass is 32.2. The van der Waals surface area contributed by atoms with Crippen LogP contribution in [0.3, 0.4) is 0 Å². The Morgan fingerprint density at radius 2 is 1.84 bits per heavy atom. The molecule has 2 aromatic carbocycles. The maximum atomic E-state index is 13.4. The molecule has 32 heavy (non-hydrogen) atoms. The number of aromatic hydroxyl groups is 1. The van der Waals surface area contributed by atoms with Gasteiger partial charge in [-0.15, -0.1) is 0 Å². The summed E-state index contributed by atoms with van der Waals surface area (Å²) in [6, 6.07) is 9.40. The van der Waals surface area contributed by atoms with Crippen molar-refractivity contribution in [3.8, 4) is 11.4 Å². The Hall–Kier alpha value is -2.89. The number of sulfonamides is 1. The topological polar surface area (TPSA) is 105 Å². The fourth-order valence-electron chi connectivity index (χ4n) is 3.52. The van der Waals surface area contributed by atoms with Crippen LogP contribution in [0.2, 0.25) is 0 Å². The third kappa shape index (κ3) is 4.23. The van der Waals surface area contributed by atoms with Gasteiger partial charge in [0.2, 0.25) is 10.0 Å². The number of amides is 1. The van der Waals surface area contributed by atoms with Crippen molar-refractivity contribution in [3.63, 3.8) is 0 Å². The highest BCUT2D eigenvalue weighted by Gasteiger charge is 2.28. The van der Waals surface area contributed by atoms with Crippen molar-refractivity contribution in [2.75, 3.05) is 24.7 Å². The van der Waals surface area contributed by atoms with Gasteiger partial charge in [-0.25, -0.2) is 17.8 Å². The Kier molecular flexibility index (Phi) is 6.22. The molecule has 0 aliphatic carbocycles. The molecular weight excluding hydrogens is 455 g/mol. The Morgan fingerprint density at radius 1 is 1.16 bits per heavy atom. The van der Waals surface area contributed by atoms with Crippen LogP contribution in [0.5, 0.6) is 5.75 Å². The van der Waals surface area contributed by atoms with E-state index in [1.165, 1.54) is 64.7 Å². The third-order valence-corrected chi connectivity index (χ3v) is 7.70. The molecule has 1 aromatic heterocycles. The van der Waals surface area contributed by atoms with Crippen molar-refractivity contribution >= 4 is 33.4 Å². The zero-order valence-corrected chi connectivity index (χ0v) is 18.8. The van der Waals surface area contributed by atoms with Crippen molar-refractivity contribution in [3.05, 3.63) is 60.2 Å². The zero-order chi connectivity index (χ0) is 22.9. The molecule has 1 aliphatic heterocycles. The highest BCUT2D eigenvalue weighted by molar-refractivity contribution is 7.98. The smallest absolute Gasteiger partial charge is 0.274 e. The van der Waals surface area contributed by atoms with Crippen LogP contribution in [0, 0.1) is 5.82 Å². The molecule has 2 N–H and O–H groups in total. The number of hydrogen-bond acceptors (Lipinski definition) is 6. The number of thioether (sulfide) groups is 1. The van der Waals surface area contributed by atoms with E-state index in [0.717, 1.165) is 12.8 Å². The fraction of sp³-hybridized carbons (Fsp3) is 0.238. The lowest BCUT2D eigenvalue weighted by Gasteiger charge is -2.17. The number of phenolic OH excluding ortho intramolecular Hbond substituents is 1. The van der Waals surface area contributed by atoms with Gasteiger partial charge < -0.3 is 10.4 Å². The molecule has 3 aromatic rings. The molecule has 0 atom stereocenters. The van der Waals surface area contributed by atoms with Crippen molar-refractivity contribution in [2.45, 2.75) is 22.9 Å². The number of rotatable bonds is 6. The number of hydrogen-bond donors (Lipinski definition) is 2. The van der Waals surface area contributed by atoms with E-state index in [-0.39, 0.29) is 22.0 Å². The molecule has 11 heteroatoms. The van der Waals surface area contributed by atoms with E-state index in [0.29, 0.717) is 23.9 Å². The molecule has 0 bridgehead atoms. The first-order chi connectivity index (χ1) is 15.3. The van der Waals surface area contributed by atoms with Gasteiger partial charge in [0.25, 0.3) is 5.91 Å². The number of nitrogens with zero attached hydrogens (tertiary/aromatic N) is 3. The number of carbonyl (C=O) groups excluding carboxylic acids is 1. The molecule has 0 saturated carbocycles. The van der Waals surface area contributed by atoms with Crippen LogP contribution in [-0.2, 0) is 10.0 Å². The second kappa shape index (κ2) is 8.93. The van der Waals surface area contributed by atoms with Crippen molar-refractivity contribution in [1.29, 1.82) is 0 Å². The van der Waals surface area contributed by atoms with Crippen LogP contribution >= 0.6 is 11.8 Å². The number of aromatic nitrogens is 2. The number of benzene rings is 2. The van der Waals surface area contributed by atoms with Gasteiger partial charge in [-0.3, -0.25) is 9.36 Å². The van der Waals surface area contributed by atoms with E-state index in [2.05, 4.69) is 10.3 Å². The Balaban J connectivity index is 1.67. The molecule has 168 valence electrons. The predicted octanol–water partition coefficient (Wildman–Crippen LogP) is 3.48. The molecular formula is C21H21FN4O4S2. The molecule has 2 heterocycles. The zero-order valence-electron chi connectivity index (χ0n) is 17.2. The minimum atomic E-state index is -3.72. The summed E-state index contributed by atoms with van der Waals surface area (Å²) >= 11 is 1.31. The maximum Gasteiger partial charge on any atom is 0.274 e. The number of anilines is 1. The lowest BCUT2D eigenvalue weighted by atomic mass is 10.2. The van der Waals surface area contributed by atoms with Crippen molar-refractivity contribution in [1.82, 2.24) is 13.9 Å². The van der Waals surface area contributed by atoms with Crippen LogP contribution in [0.1, 0.15) is 23.3 Å². The van der Waals surface area contributed by atoms with Gasteiger partial charge in [0.1, 0.15) is 17.3 Å². The minimum absolute atomic E-state index is 0.00987. The molecule has 1 amide bonds. The maximum absolute atomic E-state index is 13.4. The van der Waals surface area contributed by atoms with Gasteiger partial charge in [-0.2, -0.15) is 4.31 Å². The van der Waals surface area contributed by atoms with Crippen LogP contribution in [0.15, 0.2) is 58.7 Å². The normalized spacial score (nSPS) is 14.6. The molecule has 1 saturated heterocycles. The van der Waals surface area contributed by atoms with Gasteiger partial charge in [-0.05, 0) is 61.6 Å². The lowest BCUT2D eigenvalue weighted by molar-refractivity contribution is 0.101. The van der Waals surface area contributed by atoms with E-state index in [1.807, 2.05) is 0 Å². The number of nitrogens with one attached hydrogen (secondary N) is 1. The molecule has 0 spiro atoms. The summed E-state index contributed by atoms with van der Waals surface area (Å²) in [4.78, 5) is 17.3. The van der Waals surface area contributed by atoms with Crippen molar-refractivity contribution in [2.24, 2.45) is 0 Å². The van der Waals surface area contributed by atoms with Gasteiger partial charge in [0.05, 0.1) is 16.8 Å². The minimum Gasteiger partial charge on any atom is -0.506 e. The van der Waals surface area contributed by atoms with E-state index in [9.17, 15) is 22.7 Å². The van der Waals surface area contributed by atoms with E-state index in [4.69, 9.17) is 0 Å². The Bertz CT molecular complexity index is 1250. The first-order valence-corrected chi connectivity index (χ1v) is 12.5. The molecule has 1 aliphatic rings. The van der Waals surface area contributed by atoms with E-state index in [1.54, 1.807) is 10.8 Å². The average Bonchev–Trinajstić information content (AvgIpc) is 3.46. The monoisotopic (exact) mass is 476 g/mol. The SMILES string of the molecule is CSc1ncc(C(=O)Nc2cc(S(=O)(=O)N3CCCC3)ccc2O)n1-c1ccc(F)cc1. The van der Waals surface area contributed by atoms with Crippen LogP contribution in [-0.4, -0.2) is 52.6 Å². The largest absolute Gasteiger partial charge is 0.506 e. The van der Waals surface area contributed by atoms with Gasteiger partial charge in [-0.1, -0.05) is 11.8 Å². The first kappa shape index (κ1) is 22.3. The fourth-order valence-corrected chi connectivity index (χ4v) is 5.61. The lowest BCUT2D eigenvalue weighted by Crippen LogP contribution is -2.28. The second-order valence-corrected chi connectivity index (χ2v) is 9.90. The highest BCUT2D eigenvalue weighted by Crippen LogP contribution is 2.30. The van der Waals surface area contributed by atoms with E-state index >= 15 is 0 Å². The molecule has 8 nitrogen and oxygen atoms in total. The number of phenols is 1. The first-order valence-electron chi connectivity index (χ1n) is 9.83. The van der Waals surface area contributed by atoms with Gasteiger partial charge >= 0.3 is 0 Å². The summed E-state index contributed by atoms with van der Waals surface area (Å²) in [6.07, 6.45) is 4.76. The van der Waals surface area contributed by atoms with E-state index < -0.39 is 21.7 Å². The number of carbonyl (C=O) groups is 1. The average molecular weight is 477 g/mol. The summed E-state index contributed by atoms with van der Waals surface area (Å²) in [5, 5.41) is 13.3. The van der Waals surface area contributed by atoms with Gasteiger partial charge in [0, 0.05) is 18.8 Å². The summed E-state index contributed by atoms with van der Waals surface area (Å²) in [6.45, 7) is 0.887. The summed E-state index contributed by atoms with van der Waals surface area (Å²) < 4.78 is 42.0. The summed E-state index contributed by atoms with van der Waals surface area (Å²) in [5.41, 5.74) is 0.647. The van der Waals surface area contributed by atoms with Crippen molar-refractivity contribution < 1.29 is 22.7 Å². The van der Waals surface area contributed by atoms with Crippen LogP contribution in [0.4, 0.5) is 10.1 Å². The predicted molar refractivity (Wildman–Crippen MR) is 119 cm³/mol. The Morgan fingerprint density at radius 3 is 2.50 bits per heavy atom. The molecule has 4 rings (SSSR count). The third-order valence-electron chi connectivity index (χ3n) is 5.15.